The summed E-state index contributed by atoms with van der Waals surface area (Å²) < 4.78 is 0. The minimum Gasteiger partial charge on any atom is -0.290 e. The van der Waals surface area contributed by atoms with Crippen molar-refractivity contribution in [2.45, 2.75) is 31.2 Å². The zero-order chi connectivity index (χ0) is 11.4. The van der Waals surface area contributed by atoms with E-state index in [9.17, 15) is 4.79 Å². The van der Waals surface area contributed by atoms with E-state index in [0.29, 0.717) is 21.7 Å². The van der Waals surface area contributed by atoms with Crippen LogP contribution in [0.1, 0.15) is 29.9 Å². The molecular formula is C9H14N4OS. The molecule has 0 aliphatic carbocycles. The lowest BCUT2D eigenvalue weighted by Crippen LogP contribution is -2.31. The van der Waals surface area contributed by atoms with Gasteiger partial charge in [-0.3, -0.25) is 10.2 Å². The van der Waals surface area contributed by atoms with Gasteiger partial charge in [-0.25, -0.2) is 15.8 Å². The molecule has 0 spiro atoms. The second-order valence-electron chi connectivity index (χ2n) is 3.29. The molecule has 0 atom stereocenters. The number of hydrogen-bond donors (Lipinski definition) is 2. The number of nitrogens with two attached hydrogens (primary N) is 1. The molecule has 0 aromatic carbocycles. The molecule has 0 fully saturated rings. The summed E-state index contributed by atoms with van der Waals surface area (Å²) in [5, 5.41) is 1.09. The van der Waals surface area contributed by atoms with Gasteiger partial charge in [0.05, 0.1) is 11.3 Å². The van der Waals surface area contributed by atoms with Crippen LogP contribution >= 0.6 is 11.8 Å². The number of aryl methyl sites for hydroxylation is 1. The van der Waals surface area contributed by atoms with Crippen LogP contribution in [-0.4, -0.2) is 21.1 Å². The van der Waals surface area contributed by atoms with Crippen molar-refractivity contribution in [3.63, 3.8) is 0 Å². The number of rotatable bonds is 3. The molecule has 15 heavy (non-hydrogen) atoms. The van der Waals surface area contributed by atoms with E-state index in [1.165, 1.54) is 6.20 Å². The normalized spacial score (nSPS) is 10.5. The molecule has 1 aromatic rings. The van der Waals surface area contributed by atoms with Crippen LogP contribution in [0.15, 0.2) is 11.4 Å². The highest BCUT2D eigenvalue weighted by atomic mass is 32.2. The van der Waals surface area contributed by atoms with Gasteiger partial charge < -0.3 is 0 Å². The molecule has 0 aliphatic heterocycles. The first-order valence-corrected chi connectivity index (χ1v) is 5.43. The van der Waals surface area contributed by atoms with E-state index >= 15 is 0 Å². The van der Waals surface area contributed by atoms with E-state index in [-0.39, 0.29) is 5.91 Å². The van der Waals surface area contributed by atoms with Gasteiger partial charge in [0.1, 0.15) is 0 Å². The molecule has 1 heterocycles. The minimum absolute atomic E-state index is 0.367. The third-order valence-electron chi connectivity index (χ3n) is 1.67. The molecule has 0 radical (unpaired) electrons. The first kappa shape index (κ1) is 11.9. The number of nitrogens with zero attached hydrogens (tertiary/aromatic N) is 2. The second-order valence-corrected chi connectivity index (χ2v) is 4.84. The molecule has 0 bridgehead atoms. The fraction of sp³-hybridized carbons (Fsp3) is 0.444. The molecule has 3 N–H and O–H groups in total. The molecule has 0 saturated carbocycles. The van der Waals surface area contributed by atoms with E-state index in [1.54, 1.807) is 18.7 Å². The topological polar surface area (TPSA) is 80.9 Å². The number of nitrogen functional groups attached to an aromatic ring is 1. The molecule has 1 aromatic heterocycles. The zero-order valence-electron chi connectivity index (χ0n) is 8.94. The number of hydrazine groups is 1. The van der Waals surface area contributed by atoms with Gasteiger partial charge in [0.2, 0.25) is 0 Å². The summed E-state index contributed by atoms with van der Waals surface area (Å²) in [5.41, 5.74) is 3.10. The average molecular weight is 226 g/mol. The van der Waals surface area contributed by atoms with Crippen molar-refractivity contribution in [2.24, 2.45) is 5.84 Å². The summed E-state index contributed by atoms with van der Waals surface area (Å²) in [4.78, 5) is 19.5. The van der Waals surface area contributed by atoms with Gasteiger partial charge in [-0.15, -0.1) is 0 Å². The van der Waals surface area contributed by atoms with E-state index < -0.39 is 0 Å². The first-order chi connectivity index (χ1) is 7.04. The summed E-state index contributed by atoms with van der Waals surface area (Å²) in [6, 6.07) is 0. The van der Waals surface area contributed by atoms with Crippen LogP contribution in [0.4, 0.5) is 0 Å². The van der Waals surface area contributed by atoms with Gasteiger partial charge in [-0.05, 0) is 6.92 Å². The van der Waals surface area contributed by atoms with Crippen molar-refractivity contribution < 1.29 is 4.79 Å². The average Bonchev–Trinajstić information content (AvgIpc) is 2.16. The Morgan fingerprint density at radius 2 is 2.27 bits per heavy atom. The molecule has 0 aliphatic rings. The predicted molar refractivity (Wildman–Crippen MR) is 59.4 cm³/mol. The molecule has 82 valence electrons. The Hall–Kier alpha value is -1.14. The highest BCUT2D eigenvalue weighted by Crippen LogP contribution is 2.19. The number of carbonyl (C=O) groups excluding carboxylic acids is 1. The minimum atomic E-state index is -0.367. The van der Waals surface area contributed by atoms with E-state index in [2.05, 4.69) is 29.2 Å². The van der Waals surface area contributed by atoms with Gasteiger partial charge >= 0.3 is 0 Å². The molecule has 1 rings (SSSR count). The standard InChI is InChI=1S/C9H14N4OS/c1-5(2)15-9-11-4-7(6(3)12-9)8(14)13-10/h4-5H,10H2,1-3H3,(H,13,14). The van der Waals surface area contributed by atoms with Crippen LogP contribution < -0.4 is 11.3 Å². The molecular weight excluding hydrogens is 212 g/mol. The van der Waals surface area contributed by atoms with Crippen LogP contribution in [0, 0.1) is 6.92 Å². The molecule has 5 nitrogen and oxygen atoms in total. The highest BCUT2D eigenvalue weighted by Gasteiger charge is 2.11. The molecule has 0 unspecified atom stereocenters. The summed E-state index contributed by atoms with van der Waals surface area (Å²) in [7, 11) is 0. The summed E-state index contributed by atoms with van der Waals surface area (Å²) in [5.74, 6) is 4.66. The smallest absolute Gasteiger partial charge is 0.268 e. The Bertz CT molecular complexity index is 367. The van der Waals surface area contributed by atoms with Crippen molar-refractivity contribution in [1.82, 2.24) is 15.4 Å². The Morgan fingerprint density at radius 3 is 2.73 bits per heavy atom. The predicted octanol–water partition coefficient (Wildman–Crippen LogP) is 0.889. The van der Waals surface area contributed by atoms with Crippen molar-refractivity contribution in [3.05, 3.63) is 17.5 Å². The lowest BCUT2D eigenvalue weighted by molar-refractivity contribution is 0.0952. The fourth-order valence-electron chi connectivity index (χ4n) is 1.01. The lowest BCUT2D eigenvalue weighted by Gasteiger charge is -2.06. The number of nitrogens with one attached hydrogen (secondary N) is 1. The van der Waals surface area contributed by atoms with E-state index in [0.717, 1.165) is 0 Å². The monoisotopic (exact) mass is 226 g/mol. The van der Waals surface area contributed by atoms with Crippen LogP contribution in [0.3, 0.4) is 0 Å². The number of carbonyl (C=O) groups is 1. The Balaban J connectivity index is 2.93. The third kappa shape index (κ3) is 3.17. The summed E-state index contributed by atoms with van der Waals surface area (Å²) in [6.07, 6.45) is 1.50. The van der Waals surface area contributed by atoms with Crippen LogP contribution in [-0.2, 0) is 0 Å². The maximum atomic E-state index is 11.2. The van der Waals surface area contributed by atoms with E-state index in [1.807, 2.05) is 0 Å². The maximum Gasteiger partial charge on any atom is 0.268 e. The van der Waals surface area contributed by atoms with Gasteiger partial charge in [0, 0.05) is 11.4 Å². The summed E-state index contributed by atoms with van der Waals surface area (Å²) in [6.45, 7) is 5.88. The molecule has 6 heteroatoms. The largest absolute Gasteiger partial charge is 0.290 e. The Morgan fingerprint density at radius 1 is 1.60 bits per heavy atom. The quantitative estimate of drug-likeness (QED) is 0.263. The van der Waals surface area contributed by atoms with Gasteiger partial charge in [-0.1, -0.05) is 25.6 Å². The van der Waals surface area contributed by atoms with Crippen molar-refractivity contribution in [1.29, 1.82) is 0 Å². The van der Waals surface area contributed by atoms with Gasteiger partial charge in [0.15, 0.2) is 5.16 Å². The van der Waals surface area contributed by atoms with Gasteiger partial charge in [0.25, 0.3) is 5.91 Å². The maximum absolute atomic E-state index is 11.2. The van der Waals surface area contributed by atoms with Crippen molar-refractivity contribution in [2.75, 3.05) is 0 Å². The number of hydrogen-bond acceptors (Lipinski definition) is 5. The Labute approximate surface area is 92.8 Å². The van der Waals surface area contributed by atoms with Crippen molar-refractivity contribution in [3.8, 4) is 0 Å². The Kier molecular flexibility index (Phi) is 4.05. The van der Waals surface area contributed by atoms with Gasteiger partial charge in [-0.2, -0.15) is 0 Å². The SMILES string of the molecule is Cc1nc(SC(C)C)ncc1C(=O)NN. The lowest BCUT2D eigenvalue weighted by atomic mass is 10.2. The number of thioether (sulfide) groups is 1. The van der Waals surface area contributed by atoms with Crippen LogP contribution in [0.5, 0.6) is 0 Å². The number of amides is 1. The third-order valence-corrected chi connectivity index (χ3v) is 2.55. The highest BCUT2D eigenvalue weighted by molar-refractivity contribution is 7.99. The number of aromatic nitrogens is 2. The summed E-state index contributed by atoms with van der Waals surface area (Å²) >= 11 is 1.56. The van der Waals surface area contributed by atoms with Crippen molar-refractivity contribution >= 4 is 17.7 Å². The zero-order valence-corrected chi connectivity index (χ0v) is 9.76. The van der Waals surface area contributed by atoms with Crippen LogP contribution in [0.25, 0.3) is 0 Å². The molecule has 0 saturated heterocycles. The van der Waals surface area contributed by atoms with E-state index in [4.69, 9.17) is 5.84 Å². The van der Waals surface area contributed by atoms with Crippen LogP contribution in [0.2, 0.25) is 0 Å². The first-order valence-electron chi connectivity index (χ1n) is 4.56. The molecule has 1 amide bonds. The second kappa shape index (κ2) is 5.09. The fourth-order valence-corrected chi connectivity index (χ4v) is 1.74.